The van der Waals surface area contributed by atoms with Crippen LogP contribution in [0.1, 0.15) is 49.9 Å². The Bertz CT molecular complexity index is 3060. The molecule has 2 aliphatic carbocycles. The van der Waals surface area contributed by atoms with E-state index in [-0.39, 0.29) is 10.8 Å². The topological polar surface area (TPSA) is 3.24 Å². The predicted octanol–water partition coefficient (Wildman–Crippen LogP) is 15.4. The fourth-order valence-electron chi connectivity index (χ4n) is 10.0. The molecule has 0 unspecified atom stereocenters. The summed E-state index contributed by atoms with van der Waals surface area (Å²) in [5, 5.41) is 5.17. The molecule has 272 valence electrons. The summed E-state index contributed by atoms with van der Waals surface area (Å²) in [6.45, 7) is 9.56. The lowest BCUT2D eigenvalue weighted by molar-refractivity contribution is 0.660. The number of rotatable bonds is 5. The molecule has 0 atom stereocenters. The van der Waals surface area contributed by atoms with Crippen LogP contribution in [-0.2, 0) is 10.8 Å². The lowest BCUT2D eigenvalue weighted by Gasteiger charge is -2.29. The molecular weight excluding hydrogens is 687 g/mol. The minimum Gasteiger partial charge on any atom is -0.310 e. The van der Waals surface area contributed by atoms with Crippen molar-refractivity contribution >= 4 is 38.6 Å². The van der Waals surface area contributed by atoms with Crippen LogP contribution in [-0.4, -0.2) is 0 Å². The van der Waals surface area contributed by atoms with Crippen LogP contribution < -0.4 is 4.90 Å². The average Bonchev–Trinajstić information content (AvgIpc) is 3.62. The fourth-order valence-corrected chi connectivity index (χ4v) is 10.0. The van der Waals surface area contributed by atoms with Crippen LogP contribution in [0.25, 0.3) is 66.1 Å². The van der Waals surface area contributed by atoms with Gasteiger partial charge in [-0.2, -0.15) is 0 Å². The van der Waals surface area contributed by atoms with Crippen molar-refractivity contribution in [3.63, 3.8) is 0 Å². The third-order valence-corrected chi connectivity index (χ3v) is 13.0. The van der Waals surface area contributed by atoms with Gasteiger partial charge in [0, 0.05) is 27.9 Å². The molecule has 0 bridgehead atoms. The molecule has 0 spiro atoms. The smallest absolute Gasteiger partial charge is 0.0465 e. The summed E-state index contributed by atoms with van der Waals surface area (Å²) < 4.78 is 0. The van der Waals surface area contributed by atoms with Gasteiger partial charge in [0.1, 0.15) is 0 Å². The first-order valence-electron chi connectivity index (χ1n) is 20.2. The molecule has 1 nitrogen and oxygen atoms in total. The van der Waals surface area contributed by atoms with Gasteiger partial charge in [0.05, 0.1) is 0 Å². The van der Waals surface area contributed by atoms with E-state index in [0.717, 1.165) is 5.69 Å². The number of anilines is 3. The van der Waals surface area contributed by atoms with Crippen LogP contribution in [0.2, 0.25) is 0 Å². The third-order valence-electron chi connectivity index (χ3n) is 13.0. The van der Waals surface area contributed by atoms with Crippen LogP contribution in [0.4, 0.5) is 17.1 Å². The SMILES string of the molecule is CC1(C)c2cc(-c3ccccc3)ccc2-c2ccc(N(c3ccccc3)c3ccc4c(c3)C(C)(C)c3cc(-c5cc6ccccc6c6ccccc56)ccc3-4)cc21. The van der Waals surface area contributed by atoms with E-state index in [1.807, 2.05) is 0 Å². The lowest BCUT2D eigenvalue weighted by atomic mass is 9.81. The first-order chi connectivity index (χ1) is 27.8. The van der Waals surface area contributed by atoms with Gasteiger partial charge in [-0.25, -0.2) is 0 Å². The molecule has 2 aliphatic rings. The average molecular weight is 730 g/mol. The summed E-state index contributed by atoms with van der Waals surface area (Å²) in [5.41, 5.74) is 19.0. The van der Waals surface area contributed by atoms with Gasteiger partial charge in [-0.1, -0.05) is 161 Å². The van der Waals surface area contributed by atoms with Gasteiger partial charge in [0.15, 0.2) is 0 Å². The maximum atomic E-state index is 2.46. The van der Waals surface area contributed by atoms with E-state index < -0.39 is 0 Å². The largest absolute Gasteiger partial charge is 0.310 e. The highest BCUT2D eigenvalue weighted by atomic mass is 15.1. The molecule has 0 saturated heterocycles. The van der Waals surface area contributed by atoms with Crippen LogP contribution in [0.5, 0.6) is 0 Å². The normalized spacial score (nSPS) is 14.2. The zero-order chi connectivity index (χ0) is 38.5. The second kappa shape index (κ2) is 12.4. The number of para-hydroxylation sites is 1. The van der Waals surface area contributed by atoms with E-state index in [1.54, 1.807) is 0 Å². The zero-order valence-corrected chi connectivity index (χ0v) is 32.8. The summed E-state index contributed by atoms with van der Waals surface area (Å²) in [6.07, 6.45) is 0. The van der Waals surface area contributed by atoms with Gasteiger partial charge in [0.2, 0.25) is 0 Å². The van der Waals surface area contributed by atoms with Crippen molar-refractivity contribution in [1.82, 2.24) is 0 Å². The Hall–Kier alpha value is -6.70. The Morgan fingerprint density at radius 3 is 1.37 bits per heavy atom. The zero-order valence-electron chi connectivity index (χ0n) is 32.8. The molecule has 11 rings (SSSR count). The summed E-state index contributed by atoms with van der Waals surface area (Å²) in [5.74, 6) is 0. The van der Waals surface area contributed by atoms with Crippen molar-refractivity contribution in [1.29, 1.82) is 0 Å². The monoisotopic (exact) mass is 729 g/mol. The molecule has 9 aromatic rings. The highest BCUT2D eigenvalue weighted by Crippen LogP contribution is 2.54. The maximum absolute atomic E-state index is 2.46. The summed E-state index contributed by atoms with van der Waals surface area (Å²) in [4.78, 5) is 2.45. The fraction of sp³-hybridized carbons (Fsp3) is 0.107. The van der Waals surface area contributed by atoms with E-state index in [1.165, 1.54) is 99.7 Å². The van der Waals surface area contributed by atoms with Gasteiger partial charge in [-0.05, 0) is 143 Å². The lowest BCUT2D eigenvalue weighted by Crippen LogP contribution is -2.18. The summed E-state index contributed by atoms with van der Waals surface area (Å²) in [7, 11) is 0. The molecule has 0 N–H and O–H groups in total. The second-order valence-corrected chi connectivity index (χ2v) is 17.0. The summed E-state index contributed by atoms with van der Waals surface area (Å²) in [6, 6.07) is 70.0. The summed E-state index contributed by atoms with van der Waals surface area (Å²) >= 11 is 0. The predicted molar refractivity (Wildman–Crippen MR) is 242 cm³/mol. The number of benzene rings is 9. The molecule has 0 aliphatic heterocycles. The van der Waals surface area contributed by atoms with Crippen LogP contribution >= 0.6 is 0 Å². The molecule has 0 aromatic heterocycles. The third kappa shape index (κ3) is 5.08. The number of nitrogens with zero attached hydrogens (tertiary/aromatic N) is 1. The molecule has 0 radical (unpaired) electrons. The van der Waals surface area contributed by atoms with Crippen LogP contribution in [0.3, 0.4) is 0 Å². The number of hydrogen-bond donors (Lipinski definition) is 0. The van der Waals surface area contributed by atoms with Crippen molar-refractivity contribution < 1.29 is 0 Å². The highest BCUT2D eigenvalue weighted by Gasteiger charge is 2.38. The molecule has 1 heteroatoms. The van der Waals surface area contributed by atoms with Gasteiger partial charge >= 0.3 is 0 Å². The van der Waals surface area contributed by atoms with Crippen molar-refractivity contribution in [2.75, 3.05) is 4.90 Å². The second-order valence-electron chi connectivity index (χ2n) is 17.0. The van der Waals surface area contributed by atoms with E-state index in [4.69, 9.17) is 0 Å². The van der Waals surface area contributed by atoms with E-state index >= 15 is 0 Å². The molecule has 0 heterocycles. The Kier molecular flexibility index (Phi) is 7.32. The van der Waals surface area contributed by atoms with Gasteiger partial charge < -0.3 is 4.90 Å². The molecule has 57 heavy (non-hydrogen) atoms. The van der Waals surface area contributed by atoms with Crippen molar-refractivity contribution in [2.45, 2.75) is 38.5 Å². The van der Waals surface area contributed by atoms with E-state index in [0.29, 0.717) is 0 Å². The standard InChI is InChI=1S/C56H43N/c1-55(2)51-32-37(36-15-7-5-8-16-36)23-27-46(51)48-29-25-41(34-53(48)55)57(40-18-9-6-10-19-40)42-26-30-49-47-28-24-39(33-52(47)56(3,4)54(49)35-42)50-31-38-17-11-12-20-43(38)44-21-13-14-22-45(44)50/h5-35H,1-4H3. The molecule has 0 amide bonds. The Morgan fingerprint density at radius 1 is 0.298 bits per heavy atom. The van der Waals surface area contributed by atoms with Gasteiger partial charge in [-0.15, -0.1) is 0 Å². The Labute approximate surface area is 335 Å². The van der Waals surface area contributed by atoms with Gasteiger partial charge in [-0.3, -0.25) is 0 Å². The molecule has 0 fully saturated rings. The maximum Gasteiger partial charge on any atom is 0.0465 e. The minimum atomic E-state index is -0.191. The Morgan fingerprint density at radius 2 is 0.754 bits per heavy atom. The highest BCUT2D eigenvalue weighted by molar-refractivity contribution is 6.14. The number of hydrogen-bond acceptors (Lipinski definition) is 1. The van der Waals surface area contributed by atoms with Crippen molar-refractivity contribution in [3.8, 4) is 44.5 Å². The van der Waals surface area contributed by atoms with Crippen molar-refractivity contribution in [3.05, 3.63) is 210 Å². The van der Waals surface area contributed by atoms with Crippen molar-refractivity contribution in [2.24, 2.45) is 0 Å². The number of fused-ring (bicyclic) bond motifs is 9. The molecule has 9 aromatic carbocycles. The molecule has 0 saturated carbocycles. The van der Waals surface area contributed by atoms with E-state index in [2.05, 4.69) is 221 Å². The first-order valence-corrected chi connectivity index (χ1v) is 20.2. The first kappa shape index (κ1) is 33.6. The molecular formula is C56H43N. The Balaban J connectivity index is 1.01. The van der Waals surface area contributed by atoms with Crippen LogP contribution in [0.15, 0.2) is 188 Å². The minimum absolute atomic E-state index is 0.149. The van der Waals surface area contributed by atoms with Crippen LogP contribution in [0, 0.1) is 0 Å². The van der Waals surface area contributed by atoms with E-state index in [9.17, 15) is 0 Å². The quantitative estimate of drug-likeness (QED) is 0.159. The van der Waals surface area contributed by atoms with Gasteiger partial charge in [0.25, 0.3) is 0 Å².